The topological polar surface area (TPSA) is 120 Å². The number of nitrogens with one attached hydrogen (secondary N) is 3. The first kappa shape index (κ1) is 28.0. The summed E-state index contributed by atoms with van der Waals surface area (Å²) in [6, 6.07) is 33.7. The third-order valence-electron chi connectivity index (χ3n) is 5.85. The van der Waals surface area contributed by atoms with Gasteiger partial charge in [-0.25, -0.2) is 4.99 Å². The lowest BCUT2D eigenvalue weighted by molar-refractivity contribution is 1.46. The number of amidine groups is 1. The molecule has 0 saturated heterocycles. The Balaban J connectivity index is 0.000000128. The second kappa shape index (κ2) is 13.7. The van der Waals surface area contributed by atoms with E-state index in [-0.39, 0.29) is 0 Å². The van der Waals surface area contributed by atoms with Crippen molar-refractivity contribution >= 4 is 78.5 Å². The molecule has 0 unspecified atom stereocenters. The molecule has 0 fully saturated rings. The molecule has 0 atom stereocenters. The van der Waals surface area contributed by atoms with Gasteiger partial charge in [-0.15, -0.1) is 22.7 Å². The number of aromatic amines is 2. The number of H-pyrrole nitrogens is 2. The molecule has 0 amide bonds. The van der Waals surface area contributed by atoms with Crippen LogP contribution in [-0.4, -0.2) is 20.8 Å². The van der Waals surface area contributed by atoms with Gasteiger partial charge in [-0.05, 0) is 83.6 Å². The number of rotatable bonds is 4. The summed E-state index contributed by atoms with van der Waals surface area (Å²) in [5.74, 6) is 0.565. The highest BCUT2D eigenvalue weighted by molar-refractivity contribution is 8.14. The quantitative estimate of drug-likeness (QED) is 0.0607. The number of nitrogen functional groups attached to an aromatic ring is 1. The molecule has 6 nitrogen and oxygen atoms in total. The molecule has 3 aromatic carbocycles. The molecule has 0 bridgehead atoms. The highest BCUT2D eigenvalue weighted by Gasteiger charge is 2.04. The zero-order valence-corrected chi connectivity index (χ0v) is 24.4. The highest BCUT2D eigenvalue weighted by atomic mass is 32.2. The van der Waals surface area contributed by atoms with E-state index in [0.29, 0.717) is 10.9 Å². The summed E-state index contributed by atoms with van der Waals surface area (Å²) in [7, 11) is 0. The van der Waals surface area contributed by atoms with E-state index < -0.39 is 0 Å². The van der Waals surface area contributed by atoms with Crippen LogP contribution in [0.1, 0.15) is 9.75 Å². The zero-order chi connectivity index (χ0) is 28.4. The molecule has 7 rings (SSSR count). The number of fused-ring (bicyclic) bond motifs is 2. The Morgan fingerprint density at radius 1 is 0.707 bits per heavy atom. The molecule has 0 aliphatic carbocycles. The molecule has 0 aliphatic heterocycles. The minimum Gasteiger partial charge on any atom is -0.399 e. The molecule has 4 aromatic heterocycles. The number of aliphatic imine (C=N–C) groups is 1. The molecular formula is C32H28N6S3. The number of aromatic nitrogens is 2. The number of anilines is 1. The third kappa shape index (κ3) is 7.76. The van der Waals surface area contributed by atoms with Crippen LogP contribution in [0.4, 0.5) is 11.4 Å². The Bertz CT molecular complexity index is 1850. The van der Waals surface area contributed by atoms with Gasteiger partial charge in [0.2, 0.25) is 0 Å². The molecule has 0 spiro atoms. The van der Waals surface area contributed by atoms with Crippen molar-refractivity contribution in [2.45, 2.75) is 4.90 Å². The molecule has 204 valence electrons. The second-order valence-corrected chi connectivity index (χ2v) is 11.7. The molecule has 7 N–H and O–H groups in total. The van der Waals surface area contributed by atoms with Gasteiger partial charge in [-0.3, -0.25) is 5.41 Å². The van der Waals surface area contributed by atoms with Crippen molar-refractivity contribution in [3.63, 3.8) is 0 Å². The van der Waals surface area contributed by atoms with Crippen LogP contribution < -0.4 is 11.5 Å². The molecule has 0 saturated carbocycles. The highest BCUT2D eigenvalue weighted by Crippen LogP contribution is 2.24. The number of nitrogens with zero attached hydrogens (tertiary/aromatic N) is 1. The van der Waals surface area contributed by atoms with Gasteiger partial charge in [0, 0.05) is 44.8 Å². The van der Waals surface area contributed by atoms with Crippen molar-refractivity contribution in [2.24, 2.45) is 10.7 Å². The van der Waals surface area contributed by atoms with Gasteiger partial charge in [-0.2, -0.15) is 0 Å². The van der Waals surface area contributed by atoms with Crippen molar-refractivity contribution in [3.8, 4) is 0 Å². The normalized spacial score (nSPS) is 11.0. The van der Waals surface area contributed by atoms with Crippen LogP contribution in [0, 0.1) is 5.41 Å². The van der Waals surface area contributed by atoms with Crippen LogP contribution in [-0.2, 0) is 0 Å². The summed E-state index contributed by atoms with van der Waals surface area (Å²) in [6.07, 6.45) is 3.82. The molecule has 9 heteroatoms. The fourth-order valence-electron chi connectivity index (χ4n) is 3.86. The van der Waals surface area contributed by atoms with Crippen molar-refractivity contribution in [1.82, 2.24) is 9.97 Å². The summed E-state index contributed by atoms with van der Waals surface area (Å²) in [5.41, 5.74) is 15.4. The lowest BCUT2D eigenvalue weighted by Gasteiger charge is -1.99. The number of thiophene rings is 2. The molecule has 0 radical (unpaired) electrons. The van der Waals surface area contributed by atoms with Crippen LogP contribution in [0.25, 0.3) is 21.8 Å². The largest absolute Gasteiger partial charge is 0.399 e. The first-order chi connectivity index (χ1) is 20.0. The van der Waals surface area contributed by atoms with Gasteiger partial charge >= 0.3 is 0 Å². The van der Waals surface area contributed by atoms with E-state index in [0.717, 1.165) is 42.4 Å². The summed E-state index contributed by atoms with van der Waals surface area (Å²) in [5, 5.41) is 14.8. The first-order valence-electron chi connectivity index (χ1n) is 12.7. The number of thioether (sulfide) groups is 1. The van der Waals surface area contributed by atoms with Crippen LogP contribution >= 0.6 is 34.4 Å². The van der Waals surface area contributed by atoms with Gasteiger partial charge in [0.25, 0.3) is 0 Å². The van der Waals surface area contributed by atoms with Crippen molar-refractivity contribution in [2.75, 3.05) is 5.73 Å². The van der Waals surface area contributed by atoms with Crippen molar-refractivity contribution in [3.05, 3.63) is 136 Å². The standard InChI is InChI=1S/C13H11N3S.C11H9NS2.C8H8N2/c14-13(12-2-1-7-17-12)16-10-3-4-11-9(8-10)5-6-15-11;12-11(10-7-4-8-13-10)14-9-5-2-1-3-6-9;9-7-1-2-8-6(5-7)3-4-10-8/h1-8,15H,(H2,14,16);1-8,12H;1-5,10H,9H2. The minimum atomic E-state index is 0.565. The summed E-state index contributed by atoms with van der Waals surface area (Å²) >= 11 is 4.69. The predicted octanol–water partition coefficient (Wildman–Crippen LogP) is 8.88. The number of nitrogens with two attached hydrogens (primary N) is 2. The molecule has 0 aliphatic rings. The molecule has 41 heavy (non-hydrogen) atoms. The number of hydrogen-bond acceptors (Lipinski definition) is 6. The van der Waals surface area contributed by atoms with E-state index in [1.807, 2.05) is 126 Å². The minimum absolute atomic E-state index is 0.565. The van der Waals surface area contributed by atoms with E-state index in [9.17, 15) is 0 Å². The summed E-state index contributed by atoms with van der Waals surface area (Å²) in [6.45, 7) is 0. The Hall–Kier alpha value is -4.57. The van der Waals surface area contributed by atoms with Crippen LogP contribution in [0.3, 0.4) is 0 Å². The maximum absolute atomic E-state index is 7.86. The lowest BCUT2D eigenvalue weighted by atomic mass is 10.2. The Kier molecular flexibility index (Phi) is 9.33. The third-order valence-corrected chi connectivity index (χ3v) is 8.69. The lowest BCUT2D eigenvalue weighted by Crippen LogP contribution is -2.10. The Labute approximate surface area is 250 Å². The van der Waals surface area contributed by atoms with E-state index in [1.54, 1.807) is 22.7 Å². The predicted molar refractivity (Wildman–Crippen MR) is 179 cm³/mol. The van der Waals surface area contributed by atoms with Crippen LogP contribution in [0.2, 0.25) is 0 Å². The van der Waals surface area contributed by atoms with E-state index in [2.05, 4.69) is 15.0 Å². The van der Waals surface area contributed by atoms with Gasteiger partial charge in [0.1, 0.15) is 10.9 Å². The molecular weight excluding hydrogens is 565 g/mol. The number of hydrogen-bond donors (Lipinski definition) is 5. The smallest absolute Gasteiger partial charge is 0.141 e. The van der Waals surface area contributed by atoms with Gasteiger partial charge < -0.3 is 21.4 Å². The van der Waals surface area contributed by atoms with E-state index >= 15 is 0 Å². The average Bonchev–Trinajstić information content (AvgIpc) is 3.82. The second-order valence-electron chi connectivity index (χ2n) is 8.77. The first-order valence-corrected chi connectivity index (χ1v) is 15.3. The van der Waals surface area contributed by atoms with Gasteiger partial charge in [0.15, 0.2) is 0 Å². The summed E-state index contributed by atoms with van der Waals surface area (Å²) in [4.78, 5) is 13.8. The zero-order valence-electron chi connectivity index (χ0n) is 22.0. The van der Waals surface area contributed by atoms with Crippen LogP contribution in [0.5, 0.6) is 0 Å². The SMILES string of the molecule is N=C(Sc1ccccc1)c1cccs1.NC(=Nc1ccc2[nH]ccc2c1)c1cccs1.Nc1ccc2[nH]ccc2c1. The maximum Gasteiger partial charge on any atom is 0.141 e. The Morgan fingerprint density at radius 3 is 2.00 bits per heavy atom. The van der Waals surface area contributed by atoms with Crippen molar-refractivity contribution in [1.29, 1.82) is 5.41 Å². The van der Waals surface area contributed by atoms with E-state index in [4.69, 9.17) is 16.9 Å². The monoisotopic (exact) mass is 592 g/mol. The van der Waals surface area contributed by atoms with Gasteiger partial charge in [-0.1, -0.05) is 42.1 Å². The number of benzene rings is 3. The fraction of sp³-hybridized carbons (Fsp3) is 0. The maximum atomic E-state index is 7.86. The van der Waals surface area contributed by atoms with E-state index in [1.165, 1.54) is 17.1 Å². The molecule has 4 heterocycles. The average molecular weight is 593 g/mol. The Morgan fingerprint density at radius 2 is 1.34 bits per heavy atom. The van der Waals surface area contributed by atoms with Crippen molar-refractivity contribution < 1.29 is 0 Å². The fourth-order valence-corrected chi connectivity index (χ4v) is 6.03. The van der Waals surface area contributed by atoms with Gasteiger partial charge in [0.05, 0.1) is 15.4 Å². The van der Waals surface area contributed by atoms with Crippen LogP contribution in [0.15, 0.2) is 136 Å². The molecule has 7 aromatic rings. The summed E-state index contributed by atoms with van der Waals surface area (Å²) < 4.78 is 0.